The van der Waals surface area contributed by atoms with Gasteiger partial charge in [-0.3, -0.25) is 0 Å². The van der Waals surface area contributed by atoms with Gasteiger partial charge in [0.2, 0.25) is 0 Å². The van der Waals surface area contributed by atoms with E-state index in [0.29, 0.717) is 5.69 Å². The quantitative estimate of drug-likeness (QED) is 0.885. The van der Waals surface area contributed by atoms with Crippen molar-refractivity contribution in [3.8, 4) is 0 Å². The first-order valence-electron chi connectivity index (χ1n) is 5.08. The van der Waals surface area contributed by atoms with Crippen LogP contribution in [0.4, 0.5) is 5.69 Å². The molecule has 1 atom stereocenters. The van der Waals surface area contributed by atoms with E-state index >= 15 is 0 Å². The second-order valence-corrected chi connectivity index (χ2v) is 6.25. The van der Waals surface area contributed by atoms with Gasteiger partial charge in [-0.15, -0.1) is 0 Å². The predicted molar refractivity (Wildman–Crippen MR) is 68.7 cm³/mol. The van der Waals surface area contributed by atoms with E-state index in [2.05, 4.69) is 5.32 Å². The summed E-state index contributed by atoms with van der Waals surface area (Å²) >= 11 is 5.92. The molecule has 0 amide bonds. The van der Waals surface area contributed by atoms with Gasteiger partial charge in [0.1, 0.15) is 0 Å². The smallest absolute Gasteiger partial charge is 0.335 e. The van der Waals surface area contributed by atoms with E-state index in [-0.39, 0.29) is 22.4 Å². The molecule has 0 fully saturated rings. The van der Waals surface area contributed by atoms with Gasteiger partial charge in [0.05, 0.1) is 28.1 Å². The molecule has 1 aromatic carbocycles. The van der Waals surface area contributed by atoms with E-state index in [1.165, 1.54) is 24.3 Å². The Hall–Kier alpha value is -1.53. The Morgan fingerprint density at radius 1 is 1.44 bits per heavy atom. The zero-order valence-corrected chi connectivity index (χ0v) is 10.7. The number of nitrogens with one attached hydrogen (secondary N) is 1. The highest BCUT2D eigenvalue weighted by molar-refractivity contribution is 7.94. The molecule has 2 rings (SSSR count). The minimum absolute atomic E-state index is 0.0238. The van der Waals surface area contributed by atoms with Gasteiger partial charge in [-0.25, -0.2) is 13.2 Å². The number of benzene rings is 1. The molecule has 1 aliphatic heterocycles. The maximum Gasteiger partial charge on any atom is 0.335 e. The molecule has 5 nitrogen and oxygen atoms in total. The molecule has 0 aromatic heterocycles. The molecule has 0 aliphatic carbocycles. The molecule has 1 unspecified atom stereocenters. The number of sulfone groups is 1. The third kappa shape index (κ3) is 2.83. The van der Waals surface area contributed by atoms with Crippen molar-refractivity contribution >= 4 is 33.1 Å². The third-order valence-corrected chi connectivity index (χ3v) is 4.20. The van der Waals surface area contributed by atoms with E-state index < -0.39 is 15.8 Å². The van der Waals surface area contributed by atoms with E-state index in [9.17, 15) is 13.2 Å². The molecule has 0 radical (unpaired) electrons. The number of halogens is 1. The predicted octanol–water partition coefficient (Wildman–Crippen LogP) is 1.76. The summed E-state index contributed by atoms with van der Waals surface area (Å²) in [6.07, 6.45) is 1.54. The maximum atomic E-state index is 11.2. The number of anilines is 1. The normalized spacial score (nSPS) is 20.8. The van der Waals surface area contributed by atoms with Crippen LogP contribution in [0.5, 0.6) is 0 Å². The minimum Gasteiger partial charge on any atom is -0.478 e. The summed E-state index contributed by atoms with van der Waals surface area (Å²) in [5.41, 5.74) is 0.591. The van der Waals surface area contributed by atoms with Crippen LogP contribution < -0.4 is 5.32 Å². The highest BCUT2D eigenvalue weighted by Crippen LogP contribution is 2.25. The lowest BCUT2D eigenvalue weighted by atomic mass is 10.2. The summed E-state index contributed by atoms with van der Waals surface area (Å²) < 4.78 is 22.4. The van der Waals surface area contributed by atoms with Crippen molar-refractivity contribution in [1.29, 1.82) is 0 Å². The molecule has 7 heteroatoms. The minimum atomic E-state index is -3.13. The van der Waals surface area contributed by atoms with Crippen molar-refractivity contribution in [3.05, 3.63) is 40.3 Å². The molecule has 0 bridgehead atoms. The first-order valence-corrected chi connectivity index (χ1v) is 7.17. The Bertz CT molecular complexity index is 624. The largest absolute Gasteiger partial charge is 0.478 e. The molecule has 1 aromatic rings. The summed E-state index contributed by atoms with van der Waals surface area (Å²) in [5.74, 6) is -1.09. The van der Waals surface area contributed by atoms with Crippen LogP contribution in [0.15, 0.2) is 29.7 Å². The fraction of sp³-hybridized carbons (Fsp3) is 0.182. The molecular formula is C11H10ClNO4S. The Balaban J connectivity index is 2.16. The average molecular weight is 288 g/mol. The zero-order chi connectivity index (χ0) is 13.3. The Morgan fingerprint density at radius 2 is 2.17 bits per heavy atom. The summed E-state index contributed by atoms with van der Waals surface area (Å²) in [5, 5.41) is 13.1. The van der Waals surface area contributed by atoms with Crippen molar-refractivity contribution < 1.29 is 18.3 Å². The zero-order valence-electron chi connectivity index (χ0n) is 9.13. The van der Waals surface area contributed by atoms with Gasteiger partial charge in [-0.05, 0) is 18.2 Å². The van der Waals surface area contributed by atoms with E-state index in [4.69, 9.17) is 16.7 Å². The van der Waals surface area contributed by atoms with Crippen molar-refractivity contribution in [2.24, 2.45) is 0 Å². The Kier molecular flexibility index (Phi) is 3.32. The van der Waals surface area contributed by atoms with Crippen LogP contribution in [0.2, 0.25) is 5.02 Å². The van der Waals surface area contributed by atoms with Crippen LogP contribution in [0.25, 0.3) is 0 Å². The third-order valence-electron chi connectivity index (χ3n) is 2.49. The highest BCUT2D eigenvalue weighted by Gasteiger charge is 2.22. The van der Waals surface area contributed by atoms with Crippen LogP contribution in [0.3, 0.4) is 0 Å². The van der Waals surface area contributed by atoms with E-state index in [0.717, 1.165) is 5.41 Å². The van der Waals surface area contributed by atoms with Crippen LogP contribution in [-0.2, 0) is 9.84 Å². The summed E-state index contributed by atoms with van der Waals surface area (Å²) in [7, 11) is -3.13. The molecule has 96 valence electrons. The van der Waals surface area contributed by atoms with Gasteiger partial charge in [-0.1, -0.05) is 17.7 Å². The number of hydrogen-bond acceptors (Lipinski definition) is 4. The average Bonchev–Trinajstić information content (AvgIpc) is 2.61. The van der Waals surface area contributed by atoms with Crippen LogP contribution in [-0.4, -0.2) is 31.3 Å². The number of aromatic carboxylic acids is 1. The van der Waals surface area contributed by atoms with Gasteiger partial charge in [0, 0.05) is 5.41 Å². The molecule has 18 heavy (non-hydrogen) atoms. The second kappa shape index (κ2) is 4.62. The van der Waals surface area contributed by atoms with E-state index in [1.807, 2.05) is 0 Å². The molecule has 1 aliphatic rings. The second-order valence-electron chi connectivity index (χ2n) is 3.91. The summed E-state index contributed by atoms with van der Waals surface area (Å²) in [4.78, 5) is 10.7. The lowest BCUT2D eigenvalue weighted by Gasteiger charge is -2.13. The Labute approximate surface area is 109 Å². The number of carbonyl (C=O) groups is 1. The molecule has 0 spiro atoms. The van der Waals surface area contributed by atoms with Crippen LogP contribution >= 0.6 is 11.6 Å². The van der Waals surface area contributed by atoms with Gasteiger partial charge < -0.3 is 10.4 Å². The van der Waals surface area contributed by atoms with Crippen molar-refractivity contribution in [2.45, 2.75) is 6.04 Å². The van der Waals surface area contributed by atoms with Crippen LogP contribution in [0.1, 0.15) is 10.4 Å². The standard InChI is InChI=1S/C11H10ClNO4S/c12-9-5-7(11(14)15)1-2-10(9)13-8-3-4-18(16,17)6-8/h1-5,8,13H,6H2,(H,14,15). The van der Waals surface area contributed by atoms with Gasteiger partial charge in [0.25, 0.3) is 0 Å². The lowest BCUT2D eigenvalue weighted by molar-refractivity contribution is 0.0697. The first-order chi connectivity index (χ1) is 8.37. The molecule has 0 saturated heterocycles. The number of carboxylic acid groups (broad SMARTS) is 1. The van der Waals surface area contributed by atoms with Gasteiger partial charge in [-0.2, -0.15) is 0 Å². The SMILES string of the molecule is O=C(O)c1ccc(NC2C=CS(=O)(=O)C2)c(Cl)c1. The number of rotatable bonds is 3. The summed E-state index contributed by atoms with van der Waals surface area (Å²) in [6.45, 7) is 0. The number of carboxylic acids is 1. The number of hydrogen-bond donors (Lipinski definition) is 2. The fourth-order valence-corrected chi connectivity index (χ4v) is 3.10. The van der Waals surface area contributed by atoms with Crippen molar-refractivity contribution in [2.75, 3.05) is 11.1 Å². The maximum absolute atomic E-state index is 11.2. The van der Waals surface area contributed by atoms with Gasteiger partial charge >= 0.3 is 5.97 Å². The lowest BCUT2D eigenvalue weighted by Crippen LogP contribution is -2.21. The monoisotopic (exact) mass is 287 g/mol. The molecule has 2 N–H and O–H groups in total. The van der Waals surface area contributed by atoms with E-state index in [1.54, 1.807) is 0 Å². The van der Waals surface area contributed by atoms with Crippen molar-refractivity contribution in [1.82, 2.24) is 0 Å². The first kappa shape index (κ1) is 12.9. The highest BCUT2D eigenvalue weighted by atomic mass is 35.5. The molecule has 0 saturated carbocycles. The molecule has 1 heterocycles. The topological polar surface area (TPSA) is 83.5 Å². The summed E-state index contributed by atoms with van der Waals surface area (Å²) in [6, 6.07) is 3.90. The van der Waals surface area contributed by atoms with Gasteiger partial charge in [0.15, 0.2) is 9.84 Å². The molecular weight excluding hydrogens is 278 g/mol. The van der Waals surface area contributed by atoms with Crippen LogP contribution in [0, 0.1) is 0 Å². The Morgan fingerprint density at radius 3 is 2.67 bits per heavy atom. The van der Waals surface area contributed by atoms with Crippen molar-refractivity contribution in [3.63, 3.8) is 0 Å². The fourth-order valence-electron chi connectivity index (χ4n) is 1.63.